The van der Waals surface area contributed by atoms with E-state index in [1.807, 2.05) is 0 Å². The van der Waals surface area contributed by atoms with E-state index in [9.17, 15) is 14.4 Å². The molecule has 0 aliphatic heterocycles. The fourth-order valence-corrected chi connectivity index (χ4v) is 7.98. The van der Waals surface area contributed by atoms with Crippen molar-refractivity contribution in [3.63, 3.8) is 0 Å². The van der Waals surface area contributed by atoms with Crippen LogP contribution in [0.15, 0.2) is 122 Å². The predicted octanol–water partition coefficient (Wildman–Crippen LogP) is 20.4. The number of esters is 3. The van der Waals surface area contributed by atoms with Gasteiger partial charge in [0.05, 0.1) is 0 Å². The Morgan fingerprint density at radius 3 is 0.849 bits per heavy atom. The van der Waals surface area contributed by atoms with Gasteiger partial charge in [0.15, 0.2) is 6.10 Å². The van der Waals surface area contributed by atoms with E-state index in [2.05, 4.69) is 142 Å². The fraction of sp³-hybridized carbons (Fsp3) is 0.657. The lowest BCUT2D eigenvalue weighted by molar-refractivity contribution is -0.167. The normalized spacial score (nSPS) is 13.0. The molecule has 1 unspecified atom stereocenters. The number of allylic oxidation sites excluding steroid dienone is 20. The van der Waals surface area contributed by atoms with E-state index in [1.54, 1.807) is 0 Å². The molecule has 0 radical (unpaired) electrons. The van der Waals surface area contributed by atoms with Crippen molar-refractivity contribution in [1.82, 2.24) is 0 Å². The second kappa shape index (κ2) is 60.4. The molecule has 6 heteroatoms. The highest BCUT2D eigenvalue weighted by molar-refractivity contribution is 5.71. The molecule has 0 aromatic rings. The third kappa shape index (κ3) is 58.6. The number of hydrogen-bond donors (Lipinski definition) is 0. The SMILES string of the molecule is CC/C=C\C/C=C\C/C=C\C/C=C\CCCCCCC(=O)OC(COC(=O)CCCCC/C=C\C/C=C\C/C=C\CC)COC(=O)CCCCCCCCCCCC/C=C\C/C=C\C/C=C\CCCCCCC. The van der Waals surface area contributed by atoms with Gasteiger partial charge in [-0.05, 0) is 128 Å². The molecule has 0 saturated heterocycles. The van der Waals surface area contributed by atoms with Crippen LogP contribution in [0.1, 0.15) is 265 Å². The molecule has 0 aliphatic rings. The Morgan fingerprint density at radius 2 is 0.534 bits per heavy atom. The summed E-state index contributed by atoms with van der Waals surface area (Å²) in [6.45, 7) is 6.35. The molecule has 0 saturated carbocycles. The molecule has 1 atom stereocenters. The average molecular weight is 1010 g/mol. The van der Waals surface area contributed by atoms with Crippen LogP contribution in [0, 0.1) is 0 Å². The Labute approximate surface area is 450 Å². The summed E-state index contributed by atoms with van der Waals surface area (Å²) in [5.41, 5.74) is 0. The van der Waals surface area contributed by atoms with E-state index in [1.165, 1.54) is 89.9 Å². The minimum Gasteiger partial charge on any atom is -0.462 e. The summed E-state index contributed by atoms with van der Waals surface area (Å²) in [4.78, 5) is 38.2. The van der Waals surface area contributed by atoms with Gasteiger partial charge in [-0.15, -0.1) is 0 Å². The third-order valence-electron chi connectivity index (χ3n) is 12.4. The second-order valence-electron chi connectivity index (χ2n) is 19.5. The number of carbonyl (C=O) groups is 3. The Hall–Kier alpha value is -4.19. The quantitative estimate of drug-likeness (QED) is 0.0261. The van der Waals surface area contributed by atoms with E-state index >= 15 is 0 Å². The van der Waals surface area contributed by atoms with Gasteiger partial charge < -0.3 is 14.2 Å². The number of ether oxygens (including phenoxy) is 3. The molecule has 0 fully saturated rings. The first kappa shape index (κ1) is 68.8. The van der Waals surface area contributed by atoms with Gasteiger partial charge in [0.2, 0.25) is 0 Å². The van der Waals surface area contributed by atoms with Crippen molar-refractivity contribution < 1.29 is 28.6 Å². The summed E-state index contributed by atoms with van der Waals surface area (Å²) in [5, 5.41) is 0. The number of carbonyl (C=O) groups excluding carboxylic acids is 3. The maximum atomic E-state index is 12.9. The lowest BCUT2D eigenvalue weighted by Crippen LogP contribution is -2.30. The van der Waals surface area contributed by atoms with Crippen molar-refractivity contribution in [2.24, 2.45) is 0 Å². The van der Waals surface area contributed by atoms with Crippen LogP contribution in [0.2, 0.25) is 0 Å². The van der Waals surface area contributed by atoms with Gasteiger partial charge >= 0.3 is 17.9 Å². The van der Waals surface area contributed by atoms with Gasteiger partial charge in [0.1, 0.15) is 13.2 Å². The summed E-state index contributed by atoms with van der Waals surface area (Å²) in [6.07, 6.45) is 83.4. The van der Waals surface area contributed by atoms with E-state index in [4.69, 9.17) is 14.2 Å². The molecule has 0 aromatic carbocycles. The van der Waals surface area contributed by atoms with Crippen molar-refractivity contribution in [3.8, 4) is 0 Å². The second-order valence-corrected chi connectivity index (χ2v) is 19.5. The van der Waals surface area contributed by atoms with Gasteiger partial charge in [0, 0.05) is 19.3 Å². The van der Waals surface area contributed by atoms with Crippen molar-refractivity contribution in [2.75, 3.05) is 13.2 Å². The lowest BCUT2D eigenvalue weighted by atomic mass is 10.1. The van der Waals surface area contributed by atoms with E-state index < -0.39 is 6.10 Å². The first-order chi connectivity index (χ1) is 36.0. The molecule has 0 bridgehead atoms. The van der Waals surface area contributed by atoms with Crippen molar-refractivity contribution >= 4 is 17.9 Å². The smallest absolute Gasteiger partial charge is 0.306 e. The van der Waals surface area contributed by atoms with Crippen molar-refractivity contribution in [1.29, 1.82) is 0 Å². The first-order valence-corrected chi connectivity index (χ1v) is 30.0. The van der Waals surface area contributed by atoms with E-state index in [-0.39, 0.29) is 37.5 Å². The summed E-state index contributed by atoms with van der Waals surface area (Å²) in [5.74, 6) is -0.961. The molecular weight excluding hydrogens is 901 g/mol. The number of unbranched alkanes of at least 4 members (excludes halogenated alkanes) is 22. The van der Waals surface area contributed by atoms with Gasteiger partial charge in [-0.1, -0.05) is 239 Å². The molecule has 0 N–H and O–H groups in total. The van der Waals surface area contributed by atoms with Crippen molar-refractivity contribution in [3.05, 3.63) is 122 Å². The average Bonchev–Trinajstić information content (AvgIpc) is 3.39. The zero-order valence-electron chi connectivity index (χ0n) is 47.4. The first-order valence-electron chi connectivity index (χ1n) is 30.0. The van der Waals surface area contributed by atoms with Crippen LogP contribution in [0.3, 0.4) is 0 Å². The Bertz CT molecular complexity index is 1540. The van der Waals surface area contributed by atoms with Crippen LogP contribution >= 0.6 is 0 Å². The lowest BCUT2D eigenvalue weighted by Gasteiger charge is -2.18. The van der Waals surface area contributed by atoms with E-state index in [0.717, 1.165) is 135 Å². The highest BCUT2D eigenvalue weighted by Crippen LogP contribution is 2.14. The van der Waals surface area contributed by atoms with Crippen LogP contribution < -0.4 is 0 Å². The van der Waals surface area contributed by atoms with Gasteiger partial charge in [-0.3, -0.25) is 14.4 Å². The molecule has 73 heavy (non-hydrogen) atoms. The highest BCUT2D eigenvalue weighted by atomic mass is 16.6. The molecule has 0 amide bonds. The van der Waals surface area contributed by atoms with Crippen molar-refractivity contribution in [2.45, 2.75) is 271 Å². The fourth-order valence-electron chi connectivity index (χ4n) is 7.98. The zero-order chi connectivity index (χ0) is 52.9. The summed E-state index contributed by atoms with van der Waals surface area (Å²) >= 11 is 0. The molecule has 0 rings (SSSR count). The third-order valence-corrected chi connectivity index (χ3v) is 12.4. The maximum absolute atomic E-state index is 12.9. The Morgan fingerprint density at radius 1 is 0.288 bits per heavy atom. The van der Waals surface area contributed by atoms with Crippen LogP contribution in [-0.2, 0) is 28.6 Å². The molecule has 0 aliphatic carbocycles. The van der Waals surface area contributed by atoms with Crippen LogP contribution in [0.25, 0.3) is 0 Å². The predicted molar refractivity (Wildman–Crippen MR) is 316 cm³/mol. The minimum absolute atomic E-state index is 0.102. The van der Waals surface area contributed by atoms with Gasteiger partial charge in [0.25, 0.3) is 0 Å². The molecule has 6 nitrogen and oxygen atoms in total. The minimum atomic E-state index is -0.809. The molecule has 0 spiro atoms. The topological polar surface area (TPSA) is 78.9 Å². The maximum Gasteiger partial charge on any atom is 0.306 e. The summed E-state index contributed by atoms with van der Waals surface area (Å²) in [7, 11) is 0. The van der Waals surface area contributed by atoms with Gasteiger partial charge in [-0.25, -0.2) is 0 Å². The number of hydrogen-bond acceptors (Lipinski definition) is 6. The zero-order valence-corrected chi connectivity index (χ0v) is 47.4. The monoisotopic (exact) mass is 1010 g/mol. The standard InChI is InChI=1S/C67H110O6/c1-4-7-10-13-16-19-22-25-27-29-30-31-32-33-34-35-36-38-39-42-45-48-51-54-57-60-66(69)72-63-64(62-71-65(68)59-56-53-50-47-44-41-24-21-18-15-12-9-6-3)73-67(70)61-58-55-52-49-46-43-40-37-28-26-23-20-17-14-11-8-5-2/h8-9,11-12,17-18,20-22,25-26,28-30,32-33,40-41,43-44,64H,4-7,10,13-16,19,23-24,27,31,34-39,42,45-63H2,1-3H3/b11-8-,12-9-,20-17-,21-18-,25-22-,28-26-,30-29-,33-32-,43-40-,44-41-. The van der Waals surface area contributed by atoms with Crippen LogP contribution in [-0.4, -0.2) is 37.2 Å². The molecule has 0 aromatic heterocycles. The highest BCUT2D eigenvalue weighted by Gasteiger charge is 2.19. The summed E-state index contributed by atoms with van der Waals surface area (Å²) < 4.78 is 16.8. The largest absolute Gasteiger partial charge is 0.462 e. The number of rotatable bonds is 53. The van der Waals surface area contributed by atoms with E-state index in [0.29, 0.717) is 12.8 Å². The Kier molecular flexibility index (Phi) is 56.9. The molecular formula is C67H110O6. The van der Waals surface area contributed by atoms with Crippen LogP contribution in [0.4, 0.5) is 0 Å². The summed E-state index contributed by atoms with van der Waals surface area (Å²) in [6, 6.07) is 0. The Balaban J connectivity index is 4.39. The molecule has 414 valence electrons. The van der Waals surface area contributed by atoms with Gasteiger partial charge in [-0.2, -0.15) is 0 Å². The molecule has 0 heterocycles. The van der Waals surface area contributed by atoms with Crippen LogP contribution in [0.5, 0.6) is 0 Å².